The molecule has 0 saturated heterocycles. The Morgan fingerprint density at radius 3 is 2.70 bits per heavy atom. The number of Topliss-reactive ketones (excluding diaryl/α,β-unsaturated/α-hetero) is 1. The highest BCUT2D eigenvalue weighted by Gasteiger charge is 2.02. The van der Waals surface area contributed by atoms with Gasteiger partial charge in [0.15, 0.2) is 0 Å². The summed E-state index contributed by atoms with van der Waals surface area (Å²) in [6.07, 6.45) is 4.99. The molecule has 0 aliphatic heterocycles. The van der Waals surface area contributed by atoms with Gasteiger partial charge in [-0.05, 0) is 43.9 Å². The smallest absolute Gasteiger partial charge is 0.129 e. The van der Waals surface area contributed by atoms with Gasteiger partial charge in [-0.15, -0.1) is 5.10 Å². The van der Waals surface area contributed by atoms with Crippen LogP contribution in [0.3, 0.4) is 0 Å². The Hall–Kier alpha value is -2.17. The molecule has 0 fully saturated rings. The second kappa shape index (κ2) is 6.84. The molecule has 1 aromatic heterocycles. The van der Waals surface area contributed by atoms with Crippen molar-refractivity contribution in [2.45, 2.75) is 39.2 Å². The number of phenols is 1. The van der Waals surface area contributed by atoms with E-state index in [1.165, 1.54) is 0 Å². The van der Waals surface area contributed by atoms with E-state index in [1.54, 1.807) is 19.1 Å². The van der Waals surface area contributed by atoms with Gasteiger partial charge < -0.3 is 9.90 Å². The lowest BCUT2D eigenvalue weighted by Crippen LogP contribution is -2.01. The Labute approximate surface area is 118 Å². The molecule has 1 N–H and O–H groups in total. The standard InChI is InChI=1S/C15H19N3O2/c1-12(19)3-2-4-14-11-18(17-16-14)10-9-13-5-7-15(20)8-6-13/h5-8,11,20H,2-4,9-10H2,1H3. The number of rotatable bonds is 7. The zero-order valence-corrected chi connectivity index (χ0v) is 11.6. The summed E-state index contributed by atoms with van der Waals surface area (Å²) in [6.45, 7) is 2.36. The number of aryl methyl sites for hydroxylation is 3. The number of carbonyl (C=O) groups excluding carboxylic acids is 1. The summed E-state index contributed by atoms with van der Waals surface area (Å²) in [5.41, 5.74) is 2.08. The second-order valence-corrected chi connectivity index (χ2v) is 4.94. The number of carbonyl (C=O) groups is 1. The first-order valence-electron chi connectivity index (χ1n) is 6.80. The molecule has 2 rings (SSSR count). The van der Waals surface area contributed by atoms with Gasteiger partial charge in [0, 0.05) is 19.2 Å². The van der Waals surface area contributed by atoms with Gasteiger partial charge in [0.2, 0.25) is 0 Å². The molecule has 2 aromatic rings. The topological polar surface area (TPSA) is 68.0 Å². The number of nitrogens with zero attached hydrogens (tertiary/aromatic N) is 3. The Balaban J connectivity index is 1.80. The minimum absolute atomic E-state index is 0.213. The third kappa shape index (κ3) is 4.50. The van der Waals surface area contributed by atoms with Crippen molar-refractivity contribution in [1.82, 2.24) is 15.0 Å². The van der Waals surface area contributed by atoms with E-state index in [4.69, 9.17) is 0 Å². The number of hydrogen-bond acceptors (Lipinski definition) is 4. The molecule has 0 bridgehead atoms. The minimum atomic E-state index is 0.213. The van der Waals surface area contributed by atoms with Crippen molar-refractivity contribution >= 4 is 5.78 Å². The van der Waals surface area contributed by atoms with Gasteiger partial charge in [-0.25, -0.2) is 0 Å². The molecule has 1 aromatic carbocycles. The number of phenolic OH excluding ortho intramolecular Hbond substituents is 1. The van der Waals surface area contributed by atoms with Gasteiger partial charge in [0.25, 0.3) is 0 Å². The predicted octanol–water partition coefficient (Wildman–Crippen LogP) is 2.14. The average Bonchev–Trinajstić information content (AvgIpc) is 2.86. The summed E-state index contributed by atoms with van der Waals surface area (Å²) in [7, 11) is 0. The molecule has 0 amide bonds. The number of hydrogen-bond donors (Lipinski definition) is 1. The zero-order chi connectivity index (χ0) is 14.4. The van der Waals surface area contributed by atoms with Crippen LogP contribution in [0.4, 0.5) is 0 Å². The van der Waals surface area contributed by atoms with E-state index < -0.39 is 0 Å². The Morgan fingerprint density at radius 1 is 1.25 bits per heavy atom. The first-order chi connectivity index (χ1) is 9.63. The lowest BCUT2D eigenvalue weighted by molar-refractivity contribution is -0.117. The molecule has 0 saturated carbocycles. The number of aromatic nitrogens is 3. The van der Waals surface area contributed by atoms with Crippen molar-refractivity contribution in [3.05, 3.63) is 41.7 Å². The minimum Gasteiger partial charge on any atom is -0.508 e. The van der Waals surface area contributed by atoms with Gasteiger partial charge in [0.1, 0.15) is 11.5 Å². The van der Waals surface area contributed by atoms with Crippen LogP contribution in [-0.4, -0.2) is 25.9 Å². The van der Waals surface area contributed by atoms with E-state index in [0.717, 1.165) is 37.1 Å². The highest BCUT2D eigenvalue weighted by atomic mass is 16.3. The van der Waals surface area contributed by atoms with E-state index in [0.29, 0.717) is 6.42 Å². The Morgan fingerprint density at radius 2 is 2.00 bits per heavy atom. The van der Waals surface area contributed by atoms with Crippen LogP contribution in [-0.2, 0) is 24.2 Å². The van der Waals surface area contributed by atoms with Crippen molar-refractivity contribution in [1.29, 1.82) is 0 Å². The maximum absolute atomic E-state index is 10.9. The molecular formula is C15H19N3O2. The molecule has 20 heavy (non-hydrogen) atoms. The number of aromatic hydroxyl groups is 1. The van der Waals surface area contributed by atoms with E-state index >= 15 is 0 Å². The zero-order valence-electron chi connectivity index (χ0n) is 11.6. The third-order valence-corrected chi connectivity index (χ3v) is 3.11. The van der Waals surface area contributed by atoms with Crippen LogP contribution in [0.1, 0.15) is 31.0 Å². The molecule has 0 unspecified atom stereocenters. The van der Waals surface area contributed by atoms with Crippen molar-refractivity contribution in [2.75, 3.05) is 0 Å². The number of ketones is 1. The Bertz CT molecular complexity index is 561. The van der Waals surface area contributed by atoms with Crippen LogP contribution in [0.15, 0.2) is 30.5 Å². The molecule has 106 valence electrons. The lowest BCUT2D eigenvalue weighted by atomic mass is 10.1. The number of benzene rings is 1. The average molecular weight is 273 g/mol. The third-order valence-electron chi connectivity index (χ3n) is 3.11. The highest BCUT2D eigenvalue weighted by molar-refractivity contribution is 5.75. The fourth-order valence-electron chi connectivity index (χ4n) is 1.99. The summed E-state index contributed by atoms with van der Waals surface area (Å²) in [6, 6.07) is 7.17. The van der Waals surface area contributed by atoms with Crippen LogP contribution in [0.2, 0.25) is 0 Å². The van der Waals surface area contributed by atoms with E-state index in [2.05, 4.69) is 10.3 Å². The fraction of sp³-hybridized carbons (Fsp3) is 0.400. The van der Waals surface area contributed by atoms with Crippen LogP contribution < -0.4 is 0 Å². The van der Waals surface area contributed by atoms with Gasteiger partial charge in [-0.1, -0.05) is 17.3 Å². The van der Waals surface area contributed by atoms with Crippen LogP contribution >= 0.6 is 0 Å². The Kier molecular flexibility index (Phi) is 4.87. The van der Waals surface area contributed by atoms with Crippen molar-refractivity contribution in [3.63, 3.8) is 0 Å². The monoisotopic (exact) mass is 273 g/mol. The quantitative estimate of drug-likeness (QED) is 0.839. The van der Waals surface area contributed by atoms with Crippen LogP contribution in [0.25, 0.3) is 0 Å². The van der Waals surface area contributed by atoms with E-state index in [1.807, 2.05) is 23.0 Å². The van der Waals surface area contributed by atoms with Crippen molar-refractivity contribution in [2.24, 2.45) is 0 Å². The van der Waals surface area contributed by atoms with E-state index in [9.17, 15) is 9.90 Å². The van der Waals surface area contributed by atoms with Crippen LogP contribution in [0, 0.1) is 0 Å². The van der Waals surface area contributed by atoms with Gasteiger partial charge >= 0.3 is 0 Å². The van der Waals surface area contributed by atoms with Gasteiger partial charge in [0.05, 0.1) is 5.69 Å². The molecule has 0 radical (unpaired) electrons. The molecule has 0 aliphatic carbocycles. The van der Waals surface area contributed by atoms with Crippen LogP contribution in [0.5, 0.6) is 5.75 Å². The van der Waals surface area contributed by atoms with Crippen molar-refractivity contribution in [3.8, 4) is 5.75 Å². The maximum Gasteiger partial charge on any atom is 0.129 e. The molecule has 0 aliphatic rings. The first kappa shape index (κ1) is 14.2. The fourth-order valence-corrected chi connectivity index (χ4v) is 1.99. The molecular weight excluding hydrogens is 254 g/mol. The molecule has 5 nitrogen and oxygen atoms in total. The van der Waals surface area contributed by atoms with Crippen molar-refractivity contribution < 1.29 is 9.90 Å². The lowest BCUT2D eigenvalue weighted by Gasteiger charge is -2.01. The SMILES string of the molecule is CC(=O)CCCc1cn(CCc2ccc(O)cc2)nn1. The summed E-state index contributed by atoms with van der Waals surface area (Å²) < 4.78 is 1.82. The predicted molar refractivity (Wildman–Crippen MR) is 75.5 cm³/mol. The van der Waals surface area contributed by atoms with E-state index in [-0.39, 0.29) is 11.5 Å². The normalized spacial score (nSPS) is 10.7. The summed E-state index contributed by atoms with van der Waals surface area (Å²) in [5, 5.41) is 17.4. The first-order valence-corrected chi connectivity index (χ1v) is 6.80. The molecule has 0 atom stereocenters. The summed E-state index contributed by atoms with van der Waals surface area (Å²) in [5.74, 6) is 0.493. The molecule has 5 heteroatoms. The maximum atomic E-state index is 10.9. The van der Waals surface area contributed by atoms with Gasteiger partial charge in [-0.2, -0.15) is 0 Å². The summed E-state index contributed by atoms with van der Waals surface area (Å²) >= 11 is 0. The van der Waals surface area contributed by atoms with Gasteiger partial charge in [-0.3, -0.25) is 4.68 Å². The summed E-state index contributed by atoms with van der Waals surface area (Å²) in [4.78, 5) is 10.9. The largest absolute Gasteiger partial charge is 0.508 e. The molecule has 0 spiro atoms. The highest BCUT2D eigenvalue weighted by Crippen LogP contribution is 2.10. The second-order valence-electron chi connectivity index (χ2n) is 4.94. The molecule has 1 heterocycles.